The average molecular weight is 257 g/mol. The minimum Gasteiger partial charge on any atom is -0.310 e. The fourth-order valence-electron chi connectivity index (χ4n) is 2.56. The highest BCUT2D eigenvalue weighted by molar-refractivity contribution is 7.17. The first kappa shape index (κ1) is 11.9. The van der Waals surface area contributed by atoms with E-state index in [-0.39, 0.29) is 0 Å². The van der Waals surface area contributed by atoms with Crippen LogP contribution in [0.3, 0.4) is 0 Å². The van der Waals surface area contributed by atoms with Gasteiger partial charge in [0.05, 0.1) is 0 Å². The minimum absolute atomic E-state index is 0.465. The molecule has 3 rings (SSSR count). The van der Waals surface area contributed by atoms with E-state index in [2.05, 4.69) is 48.5 Å². The zero-order valence-corrected chi connectivity index (χ0v) is 11.6. The minimum atomic E-state index is 0.465. The average Bonchev–Trinajstić information content (AvgIpc) is 3.12. The Balaban J connectivity index is 1.89. The van der Waals surface area contributed by atoms with Crippen molar-refractivity contribution in [2.45, 2.75) is 25.8 Å². The van der Waals surface area contributed by atoms with E-state index >= 15 is 0 Å². The van der Waals surface area contributed by atoms with Crippen molar-refractivity contribution in [3.8, 4) is 0 Å². The summed E-state index contributed by atoms with van der Waals surface area (Å²) >= 11 is 1.81. The predicted molar refractivity (Wildman–Crippen MR) is 81.0 cm³/mol. The number of thiophene rings is 1. The Bertz CT molecular complexity index is 565. The van der Waals surface area contributed by atoms with Crippen LogP contribution in [0.4, 0.5) is 0 Å². The first-order valence-electron chi connectivity index (χ1n) is 6.69. The molecule has 0 amide bonds. The van der Waals surface area contributed by atoms with Gasteiger partial charge in [0, 0.05) is 10.7 Å². The van der Waals surface area contributed by atoms with E-state index in [0.29, 0.717) is 6.04 Å². The molecule has 18 heavy (non-hydrogen) atoms. The van der Waals surface area contributed by atoms with Crippen LogP contribution in [0, 0.1) is 5.92 Å². The standard InChI is InChI=1S/C16H19NS/c1-3-17-16(13-5-6-13)11(2)14-7-4-12-8-9-18-15(12)10-14/h4,7-10,13,16-17H,2-3,5-6H2,1H3. The number of hydrogen-bond donors (Lipinski definition) is 1. The highest BCUT2D eigenvalue weighted by Crippen LogP contribution is 2.38. The van der Waals surface area contributed by atoms with Crippen LogP contribution in [-0.4, -0.2) is 12.6 Å². The van der Waals surface area contributed by atoms with E-state index < -0.39 is 0 Å². The molecule has 2 aromatic rings. The lowest BCUT2D eigenvalue weighted by Gasteiger charge is -2.20. The van der Waals surface area contributed by atoms with Crippen molar-refractivity contribution in [2.75, 3.05) is 6.54 Å². The molecule has 1 aliphatic rings. The van der Waals surface area contributed by atoms with E-state index in [4.69, 9.17) is 0 Å². The van der Waals surface area contributed by atoms with Crippen molar-refractivity contribution < 1.29 is 0 Å². The van der Waals surface area contributed by atoms with Crippen LogP contribution in [0.25, 0.3) is 15.7 Å². The van der Waals surface area contributed by atoms with Crippen molar-refractivity contribution >= 4 is 27.0 Å². The number of fused-ring (bicyclic) bond motifs is 1. The molecule has 0 bridgehead atoms. The lowest BCUT2D eigenvalue weighted by atomic mass is 9.96. The molecule has 1 aromatic heterocycles. The zero-order chi connectivity index (χ0) is 12.5. The summed E-state index contributed by atoms with van der Waals surface area (Å²) in [5, 5.41) is 7.08. The smallest absolute Gasteiger partial charge is 0.0348 e. The van der Waals surface area contributed by atoms with E-state index in [0.717, 1.165) is 12.5 Å². The van der Waals surface area contributed by atoms with Gasteiger partial charge >= 0.3 is 0 Å². The van der Waals surface area contributed by atoms with Gasteiger partial charge in [-0.15, -0.1) is 11.3 Å². The third kappa shape index (κ3) is 2.23. The zero-order valence-electron chi connectivity index (χ0n) is 10.8. The highest BCUT2D eigenvalue weighted by atomic mass is 32.1. The molecular weight excluding hydrogens is 238 g/mol. The monoisotopic (exact) mass is 257 g/mol. The van der Waals surface area contributed by atoms with Gasteiger partial charge in [0.2, 0.25) is 0 Å². The Kier molecular flexibility index (Phi) is 3.23. The maximum absolute atomic E-state index is 4.34. The SMILES string of the molecule is C=C(c1ccc2ccsc2c1)C(NCC)C1CC1. The summed E-state index contributed by atoms with van der Waals surface area (Å²) in [7, 11) is 0. The number of likely N-dealkylation sites (N-methyl/N-ethyl adjacent to an activating group) is 1. The van der Waals surface area contributed by atoms with Gasteiger partial charge < -0.3 is 5.32 Å². The molecule has 0 aliphatic heterocycles. The van der Waals surface area contributed by atoms with Gasteiger partial charge in [0.15, 0.2) is 0 Å². The van der Waals surface area contributed by atoms with Crippen LogP contribution in [0.5, 0.6) is 0 Å². The van der Waals surface area contributed by atoms with Crippen molar-refractivity contribution in [3.63, 3.8) is 0 Å². The molecule has 0 saturated heterocycles. The summed E-state index contributed by atoms with van der Waals surface area (Å²) in [5.74, 6) is 0.802. The fourth-order valence-corrected chi connectivity index (χ4v) is 3.39. The summed E-state index contributed by atoms with van der Waals surface area (Å²) < 4.78 is 1.36. The number of rotatable bonds is 5. The first-order chi connectivity index (χ1) is 8.79. The molecule has 2 heteroatoms. The molecule has 1 N–H and O–H groups in total. The quantitative estimate of drug-likeness (QED) is 0.842. The molecule has 94 valence electrons. The molecule has 1 aromatic carbocycles. The molecule has 1 saturated carbocycles. The first-order valence-corrected chi connectivity index (χ1v) is 7.57. The third-order valence-corrected chi connectivity index (χ3v) is 4.60. The third-order valence-electron chi connectivity index (χ3n) is 3.72. The van der Waals surface area contributed by atoms with Crippen LogP contribution in [0.2, 0.25) is 0 Å². The van der Waals surface area contributed by atoms with E-state index in [9.17, 15) is 0 Å². The topological polar surface area (TPSA) is 12.0 Å². The fraction of sp³-hybridized carbons (Fsp3) is 0.375. The number of hydrogen-bond acceptors (Lipinski definition) is 2. The molecule has 1 atom stereocenters. The molecule has 0 radical (unpaired) electrons. The van der Waals surface area contributed by atoms with E-state index in [1.54, 1.807) is 11.3 Å². The van der Waals surface area contributed by atoms with Gasteiger partial charge in [-0.3, -0.25) is 0 Å². The van der Waals surface area contributed by atoms with Crippen LogP contribution < -0.4 is 5.32 Å². The summed E-state index contributed by atoms with van der Waals surface area (Å²) in [6, 6.07) is 9.35. The predicted octanol–water partition coefficient (Wildman–Crippen LogP) is 4.30. The van der Waals surface area contributed by atoms with Crippen LogP contribution >= 0.6 is 11.3 Å². The summed E-state index contributed by atoms with van der Waals surface area (Å²) in [4.78, 5) is 0. The lowest BCUT2D eigenvalue weighted by Crippen LogP contribution is -2.31. The van der Waals surface area contributed by atoms with Gasteiger partial charge in [-0.25, -0.2) is 0 Å². The number of nitrogens with one attached hydrogen (secondary N) is 1. The van der Waals surface area contributed by atoms with Gasteiger partial charge in [0.25, 0.3) is 0 Å². The number of benzene rings is 1. The second-order valence-electron chi connectivity index (χ2n) is 5.07. The van der Waals surface area contributed by atoms with Gasteiger partial charge in [-0.1, -0.05) is 25.6 Å². The van der Waals surface area contributed by atoms with Crippen LogP contribution in [0.1, 0.15) is 25.3 Å². The van der Waals surface area contributed by atoms with Crippen LogP contribution in [-0.2, 0) is 0 Å². The maximum atomic E-state index is 4.34. The highest BCUT2D eigenvalue weighted by Gasteiger charge is 2.32. The van der Waals surface area contributed by atoms with Crippen molar-refractivity contribution in [1.82, 2.24) is 5.32 Å². The molecule has 1 unspecified atom stereocenters. The van der Waals surface area contributed by atoms with Crippen molar-refractivity contribution in [2.24, 2.45) is 5.92 Å². The van der Waals surface area contributed by atoms with Gasteiger partial charge in [0.1, 0.15) is 0 Å². The second kappa shape index (κ2) is 4.87. The van der Waals surface area contributed by atoms with E-state index in [1.807, 2.05) is 0 Å². The summed E-state index contributed by atoms with van der Waals surface area (Å²) in [6.45, 7) is 7.53. The normalized spacial score (nSPS) is 16.9. The Labute approximate surface area is 113 Å². The van der Waals surface area contributed by atoms with Crippen molar-refractivity contribution in [3.05, 3.63) is 41.8 Å². The molecule has 1 heterocycles. The molecule has 1 aliphatic carbocycles. The Morgan fingerprint density at radius 3 is 3.00 bits per heavy atom. The van der Waals surface area contributed by atoms with Gasteiger partial charge in [-0.2, -0.15) is 0 Å². The Morgan fingerprint density at radius 2 is 2.28 bits per heavy atom. The Morgan fingerprint density at radius 1 is 1.44 bits per heavy atom. The Hall–Kier alpha value is -1.12. The molecule has 1 nitrogen and oxygen atoms in total. The molecule has 1 fully saturated rings. The van der Waals surface area contributed by atoms with Gasteiger partial charge in [-0.05, 0) is 59.3 Å². The largest absolute Gasteiger partial charge is 0.310 e. The van der Waals surface area contributed by atoms with Crippen molar-refractivity contribution in [1.29, 1.82) is 0 Å². The molecular formula is C16H19NS. The summed E-state index contributed by atoms with van der Waals surface area (Å²) in [6.07, 6.45) is 2.69. The summed E-state index contributed by atoms with van der Waals surface area (Å²) in [5.41, 5.74) is 2.55. The second-order valence-corrected chi connectivity index (χ2v) is 6.02. The lowest BCUT2D eigenvalue weighted by molar-refractivity contribution is 0.571. The van der Waals surface area contributed by atoms with E-state index in [1.165, 1.54) is 34.1 Å². The molecule has 0 spiro atoms. The maximum Gasteiger partial charge on any atom is 0.0348 e. The van der Waals surface area contributed by atoms with Crippen LogP contribution in [0.15, 0.2) is 36.2 Å².